The third-order valence-corrected chi connectivity index (χ3v) is 4.08. The van der Waals surface area contributed by atoms with Gasteiger partial charge in [0.05, 0.1) is 12.0 Å². The Labute approximate surface area is 126 Å². The first-order valence-corrected chi connectivity index (χ1v) is 7.71. The predicted octanol–water partition coefficient (Wildman–Crippen LogP) is 3.33. The van der Waals surface area contributed by atoms with Crippen LogP contribution >= 0.6 is 0 Å². The number of hydrogen-bond acceptors (Lipinski definition) is 3. The minimum Gasteiger partial charge on any atom is -0.491 e. The average molecular weight is 291 g/mol. The van der Waals surface area contributed by atoms with Crippen LogP contribution in [0, 0.1) is 5.92 Å². The van der Waals surface area contributed by atoms with Crippen LogP contribution in [-0.2, 0) is 4.79 Å². The zero-order chi connectivity index (χ0) is 15.4. The van der Waals surface area contributed by atoms with Crippen molar-refractivity contribution in [3.63, 3.8) is 0 Å². The number of benzene rings is 1. The molecule has 4 nitrogen and oxygen atoms in total. The first kappa shape index (κ1) is 15.8. The summed E-state index contributed by atoms with van der Waals surface area (Å²) >= 11 is 0. The molecule has 2 unspecified atom stereocenters. The highest BCUT2D eigenvalue weighted by Gasteiger charge is 2.28. The second-order valence-corrected chi connectivity index (χ2v) is 6.08. The maximum atomic E-state index is 11.2. The molecule has 0 amide bonds. The number of nitrogens with zero attached hydrogens (tertiary/aromatic N) is 1. The molecule has 1 aliphatic rings. The van der Waals surface area contributed by atoms with Crippen LogP contribution in [-0.4, -0.2) is 35.2 Å². The van der Waals surface area contributed by atoms with Crippen molar-refractivity contribution in [1.29, 1.82) is 0 Å². The highest BCUT2D eigenvalue weighted by Crippen LogP contribution is 2.28. The number of piperidine rings is 1. The van der Waals surface area contributed by atoms with Gasteiger partial charge >= 0.3 is 5.97 Å². The predicted molar refractivity (Wildman–Crippen MR) is 82.6 cm³/mol. The lowest BCUT2D eigenvalue weighted by Gasteiger charge is -2.35. The van der Waals surface area contributed by atoms with E-state index in [1.54, 1.807) is 0 Å². The van der Waals surface area contributed by atoms with Crippen LogP contribution in [0.15, 0.2) is 24.3 Å². The molecule has 1 aromatic rings. The summed E-state index contributed by atoms with van der Waals surface area (Å²) in [5, 5.41) is 9.19. The van der Waals surface area contributed by atoms with E-state index in [0.29, 0.717) is 6.54 Å². The summed E-state index contributed by atoms with van der Waals surface area (Å²) in [5.74, 6) is -0.0275. The Bertz CT molecular complexity index is 469. The molecule has 1 aromatic carbocycles. The summed E-state index contributed by atoms with van der Waals surface area (Å²) in [5.41, 5.74) is 1.21. The quantitative estimate of drug-likeness (QED) is 0.904. The molecule has 116 valence electrons. The van der Waals surface area contributed by atoms with Gasteiger partial charge in [-0.15, -0.1) is 0 Å². The van der Waals surface area contributed by atoms with Crippen molar-refractivity contribution in [3.8, 4) is 5.75 Å². The largest absolute Gasteiger partial charge is 0.491 e. The van der Waals surface area contributed by atoms with Gasteiger partial charge in [-0.05, 0) is 57.9 Å². The van der Waals surface area contributed by atoms with Gasteiger partial charge in [-0.3, -0.25) is 9.69 Å². The molecule has 2 rings (SSSR count). The first-order valence-electron chi connectivity index (χ1n) is 7.71. The maximum absolute atomic E-state index is 11.2. The molecule has 0 spiro atoms. The molecule has 2 atom stereocenters. The van der Waals surface area contributed by atoms with Crippen molar-refractivity contribution in [2.24, 2.45) is 5.92 Å². The Balaban J connectivity index is 2.02. The molecular formula is C17H25NO3. The van der Waals surface area contributed by atoms with Crippen LogP contribution in [0.2, 0.25) is 0 Å². The van der Waals surface area contributed by atoms with Gasteiger partial charge in [-0.2, -0.15) is 0 Å². The molecule has 0 aromatic heterocycles. The Hall–Kier alpha value is -1.55. The van der Waals surface area contributed by atoms with Gasteiger partial charge < -0.3 is 9.84 Å². The van der Waals surface area contributed by atoms with Gasteiger partial charge in [0, 0.05) is 12.6 Å². The number of carbonyl (C=O) groups is 1. The van der Waals surface area contributed by atoms with E-state index in [0.717, 1.165) is 25.1 Å². The Kier molecular flexibility index (Phi) is 5.23. The second kappa shape index (κ2) is 6.94. The zero-order valence-corrected chi connectivity index (χ0v) is 13.1. The zero-order valence-electron chi connectivity index (χ0n) is 13.1. The van der Waals surface area contributed by atoms with Gasteiger partial charge in [0.2, 0.25) is 0 Å². The third-order valence-electron chi connectivity index (χ3n) is 4.08. The SMILES string of the molecule is CC(C)Oc1ccc(C(C)N2CCCC(C(=O)O)C2)cc1. The van der Waals surface area contributed by atoms with Gasteiger partial charge in [0.25, 0.3) is 0 Å². The fraction of sp³-hybridized carbons (Fsp3) is 0.588. The fourth-order valence-electron chi connectivity index (χ4n) is 2.87. The average Bonchev–Trinajstić information content (AvgIpc) is 2.47. The van der Waals surface area contributed by atoms with Crippen LogP contribution in [0.4, 0.5) is 0 Å². The molecule has 1 saturated heterocycles. The van der Waals surface area contributed by atoms with Gasteiger partial charge in [-0.1, -0.05) is 12.1 Å². The first-order chi connectivity index (χ1) is 9.97. The summed E-state index contributed by atoms with van der Waals surface area (Å²) in [6, 6.07) is 8.37. The van der Waals surface area contributed by atoms with Crippen molar-refractivity contribution >= 4 is 5.97 Å². The second-order valence-electron chi connectivity index (χ2n) is 6.08. The lowest BCUT2D eigenvalue weighted by molar-refractivity contribution is -0.143. The van der Waals surface area contributed by atoms with Crippen LogP contribution in [0.5, 0.6) is 5.75 Å². The number of aliphatic carboxylic acids is 1. The molecular weight excluding hydrogens is 266 g/mol. The molecule has 0 radical (unpaired) electrons. The number of rotatable bonds is 5. The van der Waals surface area contributed by atoms with E-state index in [2.05, 4.69) is 24.0 Å². The van der Waals surface area contributed by atoms with Crippen molar-refractivity contribution in [2.75, 3.05) is 13.1 Å². The summed E-state index contributed by atoms with van der Waals surface area (Å²) in [6.45, 7) is 7.77. The van der Waals surface area contributed by atoms with Crippen molar-refractivity contribution < 1.29 is 14.6 Å². The van der Waals surface area contributed by atoms with Crippen LogP contribution in [0.1, 0.15) is 45.2 Å². The number of carboxylic acids is 1. The van der Waals surface area contributed by atoms with Gasteiger partial charge in [0.1, 0.15) is 5.75 Å². The lowest BCUT2D eigenvalue weighted by Crippen LogP contribution is -2.40. The van der Waals surface area contributed by atoms with Crippen molar-refractivity contribution in [2.45, 2.75) is 45.8 Å². The molecule has 1 aliphatic heterocycles. The summed E-state index contributed by atoms with van der Waals surface area (Å²) < 4.78 is 5.65. The van der Waals surface area contributed by atoms with Gasteiger partial charge in [0.15, 0.2) is 0 Å². The van der Waals surface area contributed by atoms with E-state index in [1.807, 2.05) is 26.0 Å². The molecule has 0 aliphatic carbocycles. The van der Waals surface area contributed by atoms with E-state index in [4.69, 9.17) is 4.74 Å². The Morgan fingerprint density at radius 2 is 1.95 bits per heavy atom. The van der Waals surface area contributed by atoms with E-state index in [-0.39, 0.29) is 18.1 Å². The summed E-state index contributed by atoms with van der Waals surface area (Å²) in [6.07, 6.45) is 1.92. The van der Waals surface area contributed by atoms with E-state index in [1.165, 1.54) is 5.56 Å². The van der Waals surface area contributed by atoms with E-state index < -0.39 is 5.97 Å². The molecule has 21 heavy (non-hydrogen) atoms. The summed E-state index contributed by atoms with van der Waals surface area (Å²) in [4.78, 5) is 13.4. The molecule has 1 fully saturated rings. The van der Waals surface area contributed by atoms with Crippen LogP contribution in [0.3, 0.4) is 0 Å². The maximum Gasteiger partial charge on any atom is 0.307 e. The molecule has 1 heterocycles. The number of likely N-dealkylation sites (tertiary alicyclic amines) is 1. The third kappa shape index (κ3) is 4.21. The number of carboxylic acid groups (broad SMARTS) is 1. The topological polar surface area (TPSA) is 49.8 Å². The number of hydrogen-bond donors (Lipinski definition) is 1. The number of ether oxygens (including phenoxy) is 1. The highest BCUT2D eigenvalue weighted by atomic mass is 16.5. The standard InChI is InChI=1S/C17H25NO3/c1-12(2)21-16-8-6-14(7-9-16)13(3)18-10-4-5-15(11-18)17(19)20/h6-9,12-13,15H,4-5,10-11H2,1-3H3,(H,19,20). The minimum atomic E-state index is -0.674. The smallest absolute Gasteiger partial charge is 0.307 e. The Morgan fingerprint density at radius 3 is 2.52 bits per heavy atom. The van der Waals surface area contributed by atoms with Crippen molar-refractivity contribution in [1.82, 2.24) is 4.90 Å². The molecule has 0 saturated carbocycles. The minimum absolute atomic E-state index is 0.173. The molecule has 0 bridgehead atoms. The van der Waals surface area contributed by atoms with E-state index >= 15 is 0 Å². The van der Waals surface area contributed by atoms with Gasteiger partial charge in [-0.25, -0.2) is 0 Å². The van der Waals surface area contributed by atoms with Crippen molar-refractivity contribution in [3.05, 3.63) is 29.8 Å². The molecule has 1 N–H and O–H groups in total. The monoisotopic (exact) mass is 291 g/mol. The summed E-state index contributed by atoms with van der Waals surface area (Å²) in [7, 11) is 0. The lowest BCUT2D eigenvalue weighted by atomic mass is 9.95. The van der Waals surface area contributed by atoms with Crippen LogP contribution < -0.4 is 4.74 Å². The Morgan fingerprint density at radius 1 is 1.29 bits per heavy atom. The van der Waals surface area contributed by atoms with Crippen LogP contribution in [0.25, 0.3) is 0 Å². The van der Waals surface area contributed by atoms with E-state index in [9.17, 15) is 9.90 Å². The molecule has 4 heteroatoms. The highest BCUT2D eigenvalue weighted by molar-refractivity contribution is 5.70. The fourth-order valence-corrected chi connectivity index (χ4v) is 2.87. The normalized spacial score (nSPS) is 21.2.